The average molecular weight is 331 g/mol. The van der Waals surface area contributed by atoms with Crippen molar-refractivity contribution in [3.8, 4) is 0 Å². The predicted molar refractivity (Wildman–Crippen MR) is 80.9 cm³/mol. The number of rotatable bonds is 8. The molecule has 1 rings (SSSR count). The molecule has 1 aromatic carbocycles. The minimum atomic E-state index is -0.0284. The highest BCUT2D eigenvalue weighted by atomic mass is 79.9. The Labute approximate surface area is 123 Å². The lowest BCUT2D eigenvalue weighted by Gasteiger charge is -2.35. The molecule has 19 heavy (non-hydrogen) atoms. The first-order chi connectivity index (χ1) is 9.13. The van der Waals surface area contributed by atoms with Crippen molar-refractivity contribution in [2.75, 3.05) is 26.3 Å². The molecule has 0 radical (unpaired) electrons. The highest BCUT2D eigenvalue weighted by Crippen LogP contribution is 2.26. The zero-order chi connectivity index (χ0) is 14.3. The second kappa shape index (κ2) is 8.66. The monoisotopic (exact) mass is 330 g/mol. The van der Waals surface area contributed by atoms with Gasteiger partial charge in [0.2, 0.25) is 0 Å². The second-order valence-electron chi connectivity index (χ2n) is 4.55. The van der Waals surface area contributed by atoms with Crippen molar-refractivity contribution in [1.29, 1.82) is 0 Å². The molecule has 4 nitrogen and oxygen atoms in total. The van der Waals surface area contributed by atoms with Gasteiger partial charge in [-0.15, -0.1) is 0 Å². The maximum atomic E-state index is 9.19. The molecular weight excluding hydrogens is 308 g/mol. The first-order valence-corrected chi connectivity index (χ1v) is 7.40. The maximum Gasteiger partial charge on any atom is 0.0558 e. The van der Waals surface area contributed by atoms with E-state index in [0.29, 0.717) is 13.1 Å². The molecule has 0 saturated heterocycles. The molecule has 0 amide bonds. The molecule has 0 spiro atoms. The smallest absolute Gasteiger partial charge is 0.0558 e. The van der Waals surface area contributed by atoms with E-state index in [2.05, 4.69) is 15.9 Å². The first kappa shape index (κ1) is 16.6. The zero-order valence-corrected chi connectivity index (χ0v) is 12.9. The standard InChI is InChI=1S/C14H23BrN2O2/c1-2-13(16)14(17(7-9-18)8-10-19)11-3-5-12(15)6-4-11/h3-6,13-14,18-19H,2,7-10,16H2,1H3. The summed E-state index contributed by atoms with van der Waals surface area (Å²) in [6.45, 7) is 3.18. The van der Waals surface area contributed by atoms with Gasteiger partial charge in [-0.3, -0.25) is 4.90 Å². The predicted octanol–water partition coefficient (Wildman–Crippen LogP) is 1.51. The summed E-state index contributed by atoms with van der Waals surface area (Å²) in [4.78, 5) is 2.04. The summed E-state index contributed by atoms with van der Waals surface area (Å²) in [7, 11) is 0. The van der Waals surface area contributed by atoms with Crippen LogP contribution in [0, 0.1) is 0 Å². The van der Waals surface area contributed by atoms with Crippen LogP contribution >= 0.6 is 15.9 Å². The van der Waals surface area contributed by atoms with E-state index in [0.717, 1.165) is 16.5 Å². The van der Waals surface area contributed by atoms with Crippen LogP contribution in [0.25, 0.3) is 0 Å². The van der Waals surface area contributed by atoms with Crippen molar-refractivity contribution in [2.45, 2.75) is 25.4 Å². The number of nitrogens with two attached hydrogens (primary N) is 1. The van der Waals surface area contributed by atoms with Crippen LogP contribution in [0.4, 0.5) is 0 Å². The van der Waals surface area contributed by atoms with Crippen molar-refractivity contribution in [3.05, 3.63) is 34.3 Å². The second-order valence-corrected chi connectivity index (χ2v) is 5.47. The van der Waals surface area contributed by atoms with E-state index in [1.165, 1.54) is 0 Å². The van der Waals surface area contributed by atoms with Crippen molar-refractivity contribution in [1.82, 2.24) is 4.90 Å². The summed E-state index contributed by atoms with van der Waals surface area (Å²) < 4.78 is 1.02. The molecule has 4 N–H and O–H groups in total. The van der Waals surface area contributed by atoms with E-state index in [9.17, 15) is 10.2 Å². The van der Waals surface area contributed by atoms with Crippen LogP contribution in [0.3, 0.4) is 0 Å². The number of aliphatic hydroxyl groups is 2. The van der Waals surface area contributed by atoms with E-state index in [-0.39, 0.29) is 25.3 Å². The van der Waals surface area contributed by atoms with Gasteiger partial charge in [0.05, 0.1) is 19.3 Å². The van der Waals surface area contributed by atoms with Crippen LogP contribution in [0.5, 0.6) is 0 Å². The Morgan fingerprint density at radius 2 is 1.68 bits per heavy atom. The Bertz CT molecular complexity index is 353. The Morgan fingerprint density at radius 3 is 2.11 bits per heavy atom. The molecule has 0 aliphatic rings. The summed E-state index contributed by atoms with van der Waals surface area (Å²) in [5, 5.41) is 18.4. The lowest BCUT2D eigenvalue weighted by Crippen LogP contribution is -2.43. The topological polar surface area (TPSA) is 69.7 Å². The molecule has 0 fully saturated rings. The molecule has 2 atom stereocenters. The number of halogens is 1. The third-order valence-corrected chi connectivity index (χ3v) is 3.78. The molecule has 2 unspecified atom stereocenters. The summed E-state index contributed by atoms with van der Waals surface area (Å²) in [5.74, 6) is 0. The number of hydrogen-bond acceptors (Lipinski definition) is 4. The largest absolute Gasteiger partial charge is 0.395 e. The molecule has 0 aliphatic heterocycles. The molecule has 0 aromatic heterocycles. The van der Waals surface area contributed by atoms with Gasteiger partial charge in [0.15, 0.2) is 0 Å². The van der Waals surface area contributed by atoms with Crippen LogP contribution in [0.15, 0.2) is 28.7 Å². The Balaban J connectivity index is 3.00. The fraction of sp³-hybridized carbons (Fsp3) is 0.571. The van der Waals surface area contributed by atoms with Gasteiger partial charge in [0.25, 0.3) is 0 Å². The van der Waals surface area contributed by atoms with Crippen molar-refractivity contribution < 1.29 is 10.2 Å². The van der Waals surface area contributed by atoms with E-state index >= 15 is 0 Å². The van der Waals surface area contributed by atoms with Gasteiger partial charge in [0, 0.05) is 23.6 Å². The SMILES string of the molecule is CCC(N)C(c1ccc(Br)cc1)N(CCO)CCO. The number of hydrogen-bond donors (Lipinski definition) is 3. The van der Waals surface area contributed by atoms with Crippen LogP contribution < -0.4 is 5.73 Å². The van der Waals surface area contributed by atoms with Crippen LogP contribution in [0.1, 0.15) is 24.9 Å². The van der Waals surface area contributed by atoms with E-state index in [4.69, 9.17) is 5.73 Å². The van der Waals surface area contributed by atoms with Gasteiger partial charge in [0.1, 0.15) is 0 Å². The van der Waals surface area contributed by atoms with Crippen molar-refractivity contribution >= 4 is 15.9 Å². The van der Waals surface area contributed by atoms with Gasteiger partial charge in [-0.1, -0.05) is 35.0 Å². The average Bonchev–Trinajstić information content (AvgIpc) is 2.41. The molecule has 0 saturated carbocycles. The number of nitrogens with zero attached hydrogens (tertiary/aromatic N) is 1. The van der Waals surface area contributed by atoms with E-state index < -0.39 is 0 Å². The van der Waals surface area contributed by atoms with Gasteiger partial charge in [-0.25, -0.2) is 0 Å². The van der Waals surface area contributed by atoms with Crippen LogP contribution in [-0.2, 0) is 0 Å². The third kappa shape index (κ3) is 4.85. The van der Waals surface area contributed by atoms with Crippen LogP contribution in [0.2, 0.25) is 0 Å². The van der Waals surface area contributed by atoms with E-state index in [1.54, 1.807) is 0 Å². The van der Waals surface area contributed by atoms with Gasteiger partial charge in [-0.05, 0) is 24.1 Å². The summed E-state index contributed by atoms with van der Waals surface area (Å²) in [6, 6.07) is 8.02. The number of benzene rings is 1. The molecule has 0 aliphatic carbocycles. The van der Waals surface area contributed by atoms with Crippen molar-refractivity contribution in [3.63, 3.8) is 0 Å². The Kier molecular flexibility index (Phi) is 7.56. The summed E-state index contributed by atoms with van der Waals surface area (Å²) >= 11 is 3.42. The molecule has 5 heteroatoms. The van der Waals surface area contributed by atoms with Crippen LogP contribution in [-0.4, -0.2) is 47.5 Å². The van der Waals surface area contributed by atoms with Crippen molar-refractivity contribution in [2.24, 2.45) is 5.73 Å². The molecule has 1 aromatic rings. The lowest BCUT2D eigenvalue weighted by molar-refractivity contribution is 0.107. The minimum Gasteiger partial charge on any atom is -0.395 e. The van der Waals surface area contributed by atoms with E-state index in [1.807, 2.05) is 36.1 Å². The molecular formula is C14H23BrN2O2. The fourth-order valence-corrected chi connectivity index (χ4v) is 2.52. The quantitative estimate of drug-likeness (QED) is 0.675. The highest BCUT2D eigenvalue weighted by Gasteiger charge is 2.25. The van der Waals surface area contributed by atoms with Gasteiger partial charge >= 0.3 is 0 Å². The number of aliphatic hydroxyl groups excluding tert-OH is 2. The van der Waals surface area contributed by atoms with Gasteiger partial charge in [-0.2, -0.15) is 0 Å². The zero-order valence-electron chi connectivity index (χ0n) is 11.3. The fourth-order valence-electron chi connectivity index (χ4n) is 2.26. The third-order valence-electron chi connectivity index (χ3n) is 3.26. The summed E-state index contributed by atoms with van der Waals surface area (Å²) in [6.07, 6.45) is 0.841. The minimum absolute atomic E-state index is 0.0115. The summed E-state index contributed by atoms with van der Waals surface area (Å²) in [5.41, 5.74) is 7.34. The Hall–Kier alpha value is -0.460. The Morgan fingerprint density at radius 1 is 1.16 bits per heavy atom. The highest BCUT2D eigenvalue weighted by molar-refractivity contribution is 9.10. The molecule has 0 bridgehead atoms. The first-order valence-electron chi connectivity index (χ1n) is 6.60. The lowest BCUT2D eigenvalue weighted by atomic mass is 9.96. The van der Waals surface area contributed by atoms with Gasteiger partial charge < -0.3 is 15.9 Å². The molecule has 0 heterocycles. The normalized spacial score (nSPS) is 14.6. The maximum absolute atomic E-state index is 9.19. The molecule has 108 valence electrons.